The number of allylic oxidation sites excluding steroid dienone is 1. The molecule has 1 aliphatic rings. The van der Waals surface area contributed by atoms with Gasteiger partial charge in [-0.2, -0.15) is 0 Å². The van der Waals surface area contributed by atoms with Gasteiger partial charge >= 0.3 is 0 Å². The molecule has 1 amide bonds. The number of rotatable bonds is 7. The number of benzene rings is 2. The van der Waals surface area contributed by atoms with E-state index < -0.39 is 38.9 Å². The summed E-state index contributed by atoms with van der Waals surface area (Å²) < 4.78 is 55.4. The second-order valence-corrected chi connectivity index (χ2v) is 9.98. The van der Waals surface area contributed by atoms with Gasteiger partial charge in [0.1, 0.15) is 11.5 Å². The van der Waals surface area contributed by atoms with Crippen molar-refractivity contribution in [2.75, 3.05) is 15.8 Å². The first-order valence-corrected chi connectivity index (χ1v) is 12.5. The van der Waals surface area contributed by atoms with Gasteiger partial charge in [-0.3, -0.25) is 14.5 Å². The van der Waals surface area contributed by atoms with Crippen LogP contribution < -0.4 is 10.0 Å². The van der Waals surface area contributed by atoms with Crippen LogP contribution in [-0.2, 0) is 21.2 Å². The highest BCUT2D eigenvalue weighted by Gasteiger charge is 2.25. The summed E-state index contributed by atoms with van der Waals surface area (Å²) in [6.45, 7) is 1.66. The summed E-state index contributed by atoms with van der Waals surface area (Å²) in [5.41, 5.74) is 1.83. The first-order chi connectivity index (χ1) is 16.2. The van der Waals surface area contributed by atoms with E-state index >= 15 is 0 Å². The predicted molar refractivity (Wildman–Crippen MR) is 129 cm³/mol. The fourth-order valence-electron chi connectivity index (χ4n) is 3.63. The van der Waals surface area contributed by atoms with Gasteiger partial charge in [0.15, 0.2) is 5.82 Å². The predicted octanol–water partition coefficient (Wildman–Crippen LogP) is 5.41. The van der Waals surface area contributed by atoms with E-state index in [0.29, 0.717) is 29.1 Å². The van der Waals surface area contributed by atoms with E-state index in [9.17, 15) is 22.0 Å². The molecule has 3 aromatic rings. The Morgan fingerprint density at radius 2 is 1.85 bits per heavy atom. The minimum absolute atomic E-state index is 0.217. The topological polar surface area (TPSA) is 88.2 Å². The van der Waals surface area contributed by atoms with Crippen molar-refractivity contribution in [1.82, 2.24) is 4.98 Å². The second-order valence-electron chi connectivity index (χ2n) is 7.71. The number of anilines is 2. The van der Waals surface area contributed by atoms with Crippen molar-refractivity contribution in [3.8, 4) is 11.1 Å². The summed E-state index contributed by atoms with van der Waals surface area (Å²) in [6.07, 6.45) is 4.02. The summed E-state index contributed by atoms with van der Waals surface area (Å²) in [7, 11) is -3.81. The minimum atomic E-state index is -3.81. The van der Waals surface area contributed by atoms with Crippen LogP contribution in [0.25, 0.3) is 16.7 Å². The van der Waals surface area contributed by atoms with Crippen molar-refractivity contribution in [2.24, 2.45) is 0 Å². The Hall–Kier alpha value is -3.30. The van der Waals surface area contributed by atoms with E-state index in [0.717, 1.165) is 23.3 Å². The van der Waals surface area contributed by atoms with E-state index in [2.05, 4.69) is 15.0 Å². The second kappa shape index (κ2) is 9.52. The molecule has 0 bridgehead atoms. The van der Waals surface area contributed by atoms with Crippen LogP contribution in [0.1, 0.15) is 24.6 Å². The van der Waals surface area contributed by atoms with Gasteiger partial charge < -0.3 is 5.32 Å². The number of nitrogens with zero attached hydrogens (tertiary/aromatic N) is 1. The Kier molecular flexibility index (Phi) is 6.67. The van der Waals surface area contributed by atoms with Crippen molar-refractivity contribution in [1.29, 1.82) is 0 Å². The van der Waals surface area contributed by atoms with Gasteiger partial charge in [-0.15, -0.1) is 0 Å². The molecule has 0 fully saturated rings. The maximum Gasteiger partial charge on any atom is 0.256 e. The largest absolute Gasteiger partial charge is 0.317 e. The molecule has 34 heavy (non-hydrogen) atoms. The van der Waals surface area contributed by atoms with Crippen molar-refractivity contribution in [2.45, 2.75) is 19.8 Å². The van der Waals surface area contributed by atoms with Crippen LogP contribution in [0.4, 0.5) is 20.2 Å². The van der Waals surface area contributed by atoms with E-state index in [-0.39, 0.29) is 11.3 Å². The zero-order chi connectivity index (χ0) is 24.5. The molecular weight excluding hydrogens is 484 g/mol. The lowest BCUT2D eigenvalue weighted by Crippen LogP contribution is -2.19. The maximum atomic E-state index is 14.9. The molecule has 10 heteroatoms. The molecule has 0 radical (unpaired) electrons. The number of sulfonamides is 1. The van der Waals surface area contributed by atoms with Gasteiger partial charge in [0.2, 0.25) is 10.0 Å². The van der Waals surface area contributed by atoms with Crippen LogP contribution in [0.5, 0.6) is 0 Å². The van der Waals surface area contributed by atoms with Crippen LogP contribution in [0.3, 0.4) is 0 Å². The minimum Gasteiger partial charge on any atom is -0.317 e. The molecule has 4 rings (SSSR count). The summed E-state index contributed by atoms with van der Waals surface area (Å²) in [5.74, 6) is -3.20. The first kappa shape index (κ1) is 23.8. The average molecular weight is 504 g/mol. The molecule has 1 aromatic heterocycles. The summed E-state index contributed by atoms with van der Waals surface area (Å²) >= 11 is 5.95. The van der Waals surface area contributed by atoms with Crippen LogP contribution in [0.15, 0.2) is 54.7 Å². The molecule has 1 aliphatic carbocycles. The van der Waals surface area contributed by atoms with Gasteiger partial charge in [0, 0.05) is 34.3 Å². The van der Waals surface area contributed by atoms with Gasteiger partial charge in [0.05, 0.1) is 17.1 Å². The molecule has 0 atom stereocenters. The average Bonchev–Trinajstić information content (AvgIpc) is 3.22. The Morgan fingerprint density at radius 1 is 1.12 bits per heavy atom. The van der Waals surface area contributed by atoms with E-state index in [1.807, 2.05) is 12.1 Å². The fraction of sp³-hybridized carbons (Fsp3) is 0.167. The number of hydrogen-bond donors (Lipinski definition) is 2. The summed E-state index contributed by atoms with van der Waals surface area (Å²) in [6, 6.07) is 10.8. The van der Waals surface area contributed by atoms with Gasteiger partial charge in [-0.25, -0.2) is 17.2 Å². The molecule has 0 saturated carbocycles. The highest BCUT2D eigenvalue weighted by Crippen LogP contribution is 2.33. The van der Waals surface area contributed by atoms with Crippen molar-refractivity contribution in [3.63, 3.8) is 0 Å². The highest BCUT2D eigenvalue weighted by atomic mass is 35.5. The first-order valence-electron chi connectivity index (χ1n) is 10.4. The lowest BCUT2D eigenvalue weighted by molar-refractivity contribution is -0.111. The number of hydrogen-bond acceptors (Lipinski definition) is 4. The quantitative estimate of drug-likeness (QED) is 0.451. The molecule has 0 unspecified atom stereocenters. The third kappa shape index (κ3) is 4.95. The molecule has 2 N–H and O–H groups in total. The smallest absolute Gasteiger partial charge is 0.256 e. The van der Waals surface area contributed by atoms with Gasteiger partial charge in [-0.1, -0.05) is 36.7 Å². The Morgan fingerprint density at radius 3 is 2.56 bits per heavy atom. The molecular formula is C24H20ClF2N3O3S. The van der Waals surface area contributed by atoms with Crippen molar-refractivity contribution >= 4 is 44.5 Å². The fourth-order valence-corrected chi connectivity index (χ4v) is 4.89. The third-order valence-corrected chi connectivity index (χ3v) is 6.98. The Balaban J connectivity index is 1.61. The Labute approximate surface area is 200 Å². The molecule has 176 valence electrons. The van der Waals surface area contributed by atoms with E-state index in [1.165, 1.54) is 0 Å². The van der Waals surface area contributed by atoms with Crippen LogP contribution in [-0.4, -0.2) is 25.1 Å². The van der Waals surface area contributed by atoms with E-state index in [4.69, 9.17) is 11.6 Å². The van der Waals surface area contributed by atoms with Crippen molar-refractivity contribution in [3.05, 3.63) is 82.7 Å². The van der Waals surface area contributed by atoms with E-state index in [1.54, 1.807) is 37.4 Å². The monoisotopic (exact) mass is 503 g/mol. The number of halogens is 3. The lowest BCUT2D eigenvalue weighted by Gasteiger charge is -2.14. The zero-order valence-electron chi connectivity index (χ0n) is 18.0. The lowest BCUT2D eigenvalue weighted by atomic mass is 10.0. The molecule has 0 spiro atoms. The number of amides is 1. The highest BCUT2D eigenvalue weighted by molar-refractivity contribution is 7.92. The SMILES string of the molecule is CCCS(=O)(=O)Nc1ccc(F)c(NC(=O)C2=CCc3ncc(-c4ccc(Cl)cc4)cc32)c1F. The van der Waals surface area contributed by atoms with Crippen molar-refractivity contribution < 1.29 is 22.0 Å². The third-order valence-electron chi connectivity index (χ3n) is 5.25. The molecule has 0 aliphatic heterocycles. The molecule has 2 aromatic carbocycles. The van der Waals surface area contributed by atoms with Crippen LogP contribution >= 0.6 is 11.6 Å². The number of nitrogens with one attached hydrogen (secondary N) is 2. The Bertz CT molecular complexity index is 1410. The molecule has 0 saturated heterocycles. The number of aromatic nitrogens is 1. The van der Waals surface area contributed by atoms with Crippen LogP contribution in [0, 0.1) is 11.6 Å². The van der Waals surface area contributed by atoms with Crippen LogP contribution in [0.2, 0.25) is 5.02 Å². The zero-order valence-corrected chi connectivity index (χ0v) is 19.6. The molecule has 1 heterocycles. The number of fused-ring (bicyclic) bond motifs is 1. The number of carbonyl (C=O) groups excluding carboxylic acids is 1. The number of carbonyl (C=O) groups is 1. The number of pyridine rings is 1. The van der Waals surface area contributed by atoms with Gasteiger partial charge in [-0.05, 0) is 42.3 Å². The normalized spacial score (nSPS) is 12.8. The summed E-state index contributed by atoms with van der Waals surface area (Å²) in [5, 5.41) is 2.83. The molecule has 6 nitrogen and oxygen atoms in total. The summed E-state index contributed by atoms with van der Waals surface area (Å²) in [4.78, 5) is 17.4. The standard InChI is InChI=1S/C24H20ClF2N3O3S/c1-2-11-34(32,33)30-21-10-8-19(26)23(22(21)27)29-24(31)17-7-9-20-18(17)12-15(13-28-20)14-3-5-16(25)6-4-14/h3-8,10,12-13,30H,2,9,11H2,1H3,(H,29,31). The van der Waals surface area contributed by atoms with Gasteiger partial charge in [0.25, 0.3) is 5.91 Å². The maximum absolute atomic E-state index is 14.9.